The van der Waals surface area contributed by atoms with Crippen molar-refractivity contribution in [3.05, 3.63) is 35.4 Å². The second-order valence-corrected chi connectivity index (χ2v) is 6.52. The van der Waals surface area contributed by atoms with Crippen LogP contribution in [0.4, 0.5) is 8.78 Å². The van der Waals surface area contributed by atoms with E-state index in [0.29, 0.717) is 24.0 Å². The zero-order valence-corrected chi connectivity index (χ0v) is 18.3. The molecule has 8 heteroatoms. The van der Waals surface area contributed by atoms with Crippen molar-refractivity contribution < 1.29 is 18.3 Å². The van der Waals surface area contributed by atoms with Gasteiger partial charge in [0.25, 0.3) is 0 Å². The molecule has 1 heterocycles. The summed E-state index contributed by atoms with van der Waals surface area (Å²) in [6, 6.07) is 3.70. The maximum Gasteiger partial charge on any atom is 0.191 e. The van der Waals surface area contributed by atoms with Crippen molar-refractivity contribution in [3.63, 3.8) is 0 Å². The van der Waals surface area contributed by atoms with Gasteiger partial charge in [-0.3, -0.25) is 4.99 Å². The van der Waals surface area contributed by atoms with E-state index in [1.54, 1.807) is 13.1 Å². The van der Waals surface area contributed by atoms with Gasteiger partial charge in [0.05, 0.1) is 6.04 Å². The van der Waals surface area contributed by atoms with Crippen LogP contribution in [0.2, 0.25) is 0 Å². The highest BCUT2D eigenvalue weighted by Gasteiger charge is 2.13. The van der Waals surface area contributed by atoms with Gasteiger partial charge in [-0.25, -0.2) is 8.78 Å². The van der Waals surface area contributed by atoms with Crippen LogP contribution in [0.3, 0.4) is 0 Å². The molecule has 0 amide bonds. The molecule has 1 atom stereocenters. The zero-order chi connectivity index (χ0) is 18.8. The van der Waals surface area contributed by atoms with E-state index in [2.05, 4.69) is 15.6 Å². The standard InChI is InChI=1S/C19H29F2N3O2.HI/c1-14(16-4-5-17(20)18(21)12-16)24-19(22-2)23-8-3-9-26-13-15-6-10-25-11-7-15;/h4-5,12,14-15H,3,6-11,13H2,1-2H3,(H2,22,23,24);1H. The summed E-state index contributed by atoms with van der Waals surface area (Å²) in [6.07, 6.45) is 3.02. The molecule has 1 saturated heterocycles. The van der Waals surface area contributed by atoms with Crippen LogP contribution in [0.5, 0.6) is 0 Å². The average Bonchev–Trinajstić information content (AvgIpc) is 2.66. The third kappa shape index (κ3) is 8.69. The van der Waals surface area contributed by atoms with E-state index in [-0.39, 0.29) is 30.0 Å². The molecule has 5 nitrogen and oxygen atoms in total. The Morgan fingerprint density at radius 2 is 2.04 bits per heavy atom. The van der Waals surface area contributed by atoms with Crippen molar-refractivity contribution in [1.29, 1.82) is 0 Å². The predicted octanol–water partition coefficient (Wildman–Crippen LogP) is 3.64. The third-order valence-corrected chi connectivity index (χ3v) is 4.47. The molecule has 1 fully saturated rings. The molecule has 0 spiro atoms. The highest BCUT2D eigenvalue weighted by atomic mass is 127. The molecule has 1 unspecified atom stereocenters. The van der Waals surface area contributed by atoms with Gasteiger partial charge >= 0.3 is 0 Å². The Morgan fingerprint density at radius 3 is 2.70 bits per heavy atom. The van der Waals surface area contributed by atoms with Gasteiger partial charge in [-0.05, 0) is 49.8 Å². The summed E-state index contributed by atoms with van der Waals surface area (Å²) in [6.45, 7) is 5.76. The monoisotopic (exact) mass is 497 g/mol. The molecular weight excluding hydrogens is 467 g/mol. The quantitative estimate of drug-likeness (QED) is 0.249. The maximum absolute atomic E-state index is 13.3. The fourth-order valence-electron chi connectivity index (χ4n) is 2.81. The van der Waals surface area contributed by atoms with Gasteiger partial charge in [-0.1, -0.05) is 6.07 Å². The summed E-state index contributed by atoms with van der Waals surface area (Å²) in [5.41, 5.74) is 0.659. The molecular formula is C19H30F2IN3O2. The van der Waals surface area contributed by atoms with Crippen LogP contribution in [0.15, 0.2) is 23.2 Å². The Kier molecular flexibility index (Phi) is 11.8. The van der Waals surface area contributed by atoms with Crippen molar-refractivity contribution in [2.24, 2.45) is 10.9 Å². The SMILES string of the molecule is CN=C(NCCCOCC1CCOCC1)NC(C)c1ccc(F)c(F)c1.I. The first-order chi connectivity index (χ1) is 12.6. The second kappa shape index (κ2) is 13.2. The summed E-state index contributed by atoms with van der Waals surface area (Å²) >= 11 is 0. The van der Waals surface area contributed by atoms with Gasteiger partial charge in [-0.15, -0.1) is 24.0 Å². The Bertz CT molecular complexity index is 584. The summed E-state index contributed by atoms with van der Waals surface area (Å²) in [7, 11) is 1.68. The van der Waals surface area contributed by atoms with Crippen LogP contribution < -0.4 is 10.6 Å². The van der Waals surface area contributed by atoms with Crippen LogP contribution in [-0.2, 0) is 9.47 Å². The van der Waals surface area contributed by atoms with Crippen molar-refractivity contribution in [1.82, 2.24) is 10.6 Å². The lowest BCUT2D eigenvalue weighted by atomic mass is 10.0. The highest BCUT2D eigenvalue weighted by Crippen LogP contribution is 2.16. The molecule has 0 aromatic heterocycles. The number of rotatable bonds is 8. The van der Waals surface area contributed by atoms with Gasteiger partial charge in [-0.2, -0.15) is 0 Å². The van der Waals surface area contributed by atoms with E-state index < -0.39 is 11.6 Å². The lowest BCUT2D eigenvalue weighted by Gasteiger charge is -2.22. The third-order valence-electron chi connectivity index (χ3n) is 4.47. The summed E-state index contributed by atoms with van der Waals surface area (Å²) in [5.74, 6) is -0.459. The number of nitrogens with one attached hydrogen (secondary N) is 2. The van der Waals surface area contributed by atoms with Gasteiger partial charge in [0.15, 0.2) is 17.6 Å². The number of nitrogens with zero attached hydrogens (tertiary/aromatic N) is 1. The molecule has 1 aromatic rings. The number of hydrogen-bond acceptors (Lipinski definition) is 3. The van der Waals surface area contributed by atoms with E-state index >= 15 is 0 Å². The minimum atomic E-state index is -0.847. The number of ether oxygens (including phenoxy) is 2. The summed E-state index contributed by atoms with van der Waals surface area (Å²) < 4.78 is 37.4. The van der Waals surface area contributed by atoms with Crippen LogP contribution in [0.1, 0.15) is 37.8 Å². The molecule has 0 bridgehead atoms. The molecule has 1 aliphatic heterocycles. The fourth-order valence-corrected chi connectivity index (χ4v) is 2.81. The lowest BCUT2D eigenvalue weighted by molar-refractivity contribution is 0.0203. The molecule has 1 aliphatic rings. The van der Waals surface area contributed by atoms with E-state index in [0.717, 1.165) is 51.7 Å². The topological polar surface area (TPSA) is 54.9 Å². The first-order valence-electron chi connectivity index (χ1n) is 9.17. The van der Waals surface area contributed by atoms with Crippen molar-refractivity contribution in [2.75, 3.05) is 40.0 Å². The van der Waals surface area contributed by atoms with Gasteiger partial charge in [0.2, 0.25) is 0 Å². The maximum atomic E-state index is 13.3. The minimum absolute atomic E-state index is 0. The number of guanidine groups is 1. The van der Waals surface area contributed by atoms with Crippen LogP contribution >= 0.6 is 24.0 Å². The minimum Gasteiger partial charge on any atom is -0.381 e. The Hall–Kier alpha value is -1.00. The largest absolute Gasteiger partial charge is 0.381 e. The van der Waals surface area contributed by atoms with Crippen molar-refractivity contribution in [3.8, 4) is 0 Å². The first kappa shape index (κ1) is 24.0. The predicted molar refractivity (Wildman–Crippen MR) is 114 cm³/mol. The lowest BCUT2D eigenvalue weighted by Crippen LogP contribution is -2.39. The smallest absolute Gasteiger partial charge is 0.191 e. The van der Waals surface area contributed by atoms with Crippen LogP contribution in [0, 0.1) is 17.6 Å². The molecule has 0 aliphatic carbocycles. The fraction of sp³-hybridized carbons (Fsp3) is 0.632. The second-order valence-electron chi connectivity index (χ2n) is 6.52. The van der Waals surface area contributed by atoms with Gasteiger partial charge in [0, 0.05) is 40.0 Å². The van der Waals surface area contributed by atoms with Crippen LogP contribution in [-0.4, -0.2) is 46.0 Å². The first-order valence-corrected chi connectivity index (χ1v) is 9.17. The van der Waals surface area contributed by atoms with Gasteiger partial charge in [0.1, 0.15) is 0 Å². The van der Waals surface area contributed by atoms with E-state index in [1.807, 2.05) is 6.92 Å². The number of benzene rings is 1. The van der Waals surface area contributed by atoms with E-state index in [9.17, 15) is 8.78 Å². The molecule has 154 valence electrons. The zero-order valence-electron chi connectivity index (χ0n) is 16.0. The Morgan fingerprint density at radius 1 is 1.30 bits per heavy atom. The molecule has 1 aromatic carbocycles. The average molecular weight is 497 g/mol. The van der Waals surface area contributed by atoms with Crippen LogP contribution in [0.25, 0.3) is 0 Å². The van der Waals surface area contributed by atoms with E-state index in [4.69, 9.17) is 9.47 Å². The Balaban J connectivity index is 0.00000364. The van der Waals surface area contributed by atoms with Crippen molar-refractivity contribution in [2.45, 2.75) is 32.2 Å². The van der Waals surface area contributed by atoms with Crippen molar-refractivity contribution >= 4 is 29.9 Å². The highest BCUT2D eigenvalue weighted by molar-refractivity contribution is 14.0. The van der Waals surface area contributed by atoms with Gasteiger partial charge < -0.3 is 20.1 Å². The molecule has 2 rings (SSSR count). The molecule has 2 N–H and O–H groups in total. The number of hydrogen-bond donors (Lipinski definition) is 2. The molecule has 0 radical (unpaired) electrons. The molecule has 0 saturated carbocycles. The number of halogens is 3. The normalized spacial score (nSPS) is 16.5. The number of aliphatic imine (C=N–C) groups is 1. The van der Waals surface area contributed by atoms with E-state index in [1.165, 1.54) is 6.07 Å². The summed E-state index contributed by atoms with van der Waals surface area (Å²) in [4.78, 5) is 4.16. The summed E-state index contributed by atoms with van der Waals surface area (Å²) in [5, 5.41) is 6.37. The molecule has 27 heavy (non-hydrogen) atoms. The Labute approximate surface area is 177 Å².